The van der Waals surface area contributed by atoms with Crippen LogP contribution in [0.5, 0.6) is 0 Å². The number of hydrogen-bond donors (Lipinski definition) is 1. The van der Waals surface area contributed by atoms with Crippen LogP contribution in [0.15, 0.2) is 0 Å². The van der Waals surface area contributed by atoms with Crippen LogP contribution < -0.4 is 0 Å². The zero-order valence-corrected chi connectivity index (χ0v) is 8.09. The number of carbonyl (C=O) groups excluding carboxylic acids is 1. The molecule has 1 amide bonds. The Morgan fingerprint density at radius 3 is 2.42 bits per heavy atom. The van der Waals surface area contributed by atoms with Gasteiger partial charge in [-0.25, -0.2) is 0 Å². The summed E-state index contributed by atoms with van der Waals surface area (Å²) in [5.74, 6) is 1.42. The topological polar surface area (TPSA) is 20.3 Å². The van der Waals surface area contributed by atoms with Gasteiger partial charge >= 0.3 is 0 Å². The van der Waals surface area contributed by atoms with Crippen molar-refractivity contribution in [3.05, 3.63) is 0 Å². The van der Waals surface area contributed by atoms with Gasteiger partial charge in [0, 0.05) is 12.6 Å². The van der Waals surface area contributed by atoms with E-state index in [1.54, 1.807) is 0 Å². The highest BCUT2D eigenvalue weighted by Gasteiger charge is 2.35. The monoisotopic (exact) mass is 185 g/mol. The number of thiol groups is 1. The number of carbonyl (C=O) groups is 1. The van der Waals surface area contributed by atoms with Crippen LogP contribution >= 0.6 is 12.6 Å². The van der Waals surface area contributed by atoms with E-state index in [-0.39, 0.29) is 5.91 Å². The second kappa shape index (κ2) is 3.29. The first kappa shape index (κ1) is 8.42. The van der Waals surface area contributed by atoms with Crippen LogP contribution in [0, 0.1) is 5.92 Å². The Labute approximate surface area is 78.7 Å². The van der Waals surface area contributed by atoms with E-state index in [4.69, 9.17) is 0 Å². The third-order valence-corrected chi connectivity index (χ3v) is 2.87. The van der Waals surface area contributed by atoms with Gasteiger partial charge in [0.05, 0.1) is 5.75 Å². The summed E-state index contributed by atoms with van der Waals surface area (Å²) in [5.41, 5.74) is 0. The van der Waals surface area contributed by atoms with Crippen molar-refractivity contribution in [2.24, 2.45) is 5.92 Å². The van der Waals surface area contributed by atoms with Crippen LogP contribution in [-0.2, 0) is 4.79 Å². The van der Waals surface area contributed by atoms with E-state index in [1.165, 1.54) is 25.7 Å². The van der Waals surface area contributed by atoms with Gasteiger partial charge in [-0.1, -0.05) is 0 Å². The minimum atomic E-state index is 0.229. The lowest BCUT2D eigenvalue weighted by atomic mass is 10.3. The Kier molecular flexibility index (Phi) is 2.31. The summed E-state index contributed by atoms with van der Waals surface area (Å²) in [6, 6.07) is 0.574. The quantitative estimate of drug-likeness (QED) is 0.655. The molecule has 2 saturated carbocycles. The molecular formula is C9H15NOS. The zero-order chi connectivity index (χ0) is 8.55. The SMILES string of the molecule is O=C(CS)N(CC1CC1)C1CC1. The van der Waals surface area contributed by atoms with Crippen molar-refractivity contribution in [3.8, 4) is 0 Å². The lowest BCUT2D eigenvalue weighted by Gasteiger charge is -2.21. The maximum absolute atomic E-state index is 11.4. The van der Waals surface area contributed by atoms with Crippen molar-refractivity contribution in [1.29, 1.82) is 0 Å². The van der Waals surface area contributed by atoms with E-state index in [2.05, 4.69) is 12.6 Å². The number of nitrogens with zero attached hydrogens (tertiary/aromatic N) is 1. The molecule has 0 saturated heterocycles. The van der Waals surface area contributed by atoms with Crippen molar-refractivity contribution in [2.75, 3.05) is 12.3 Å². The summed E-state index contributed by atoms with van der Waals surface area (Å²) in [6.45, 7) is 1.00. The molecule has 0 aromatic carbocycles. The van der Waals surface area contributed by atoms with Crippen LogP contribution in [0.2, 0.25) is 0 Å². The molecule has 2 aliphatic carbocycles. The summed E-state index contributed by atoms with van der Waals surface area (Å²) in [5, 5.41) is 0. The van der Waals surface area contributed by atoms with Gasteiger partial charge in [0.15, 0.2) is 0 Å². The lowest BCUT2D eigenvalue weighted by molar-refractivity contribution is -0.129. The van der Waals surface area contributed by atoms with E-state index in [0.29, 0.717) is 11.8 Å². The fourth-order valence-electron chi connectivity index (χ4n) is 1.51. The molecule has 0 N–H and O–H groups in total. The van der Waals surface area contributed by atoms with E-state index in [0.717, 1.165) is 12.5 Å². The summed E-state index contributed by atoms with van der Waals surface area (Å²) in [7, 11) is 0. The lowest BCUT2D eigenvalue weighted by Crippen LogP contribution is -2.35. The van der Waals surface area contributed by atoms with Gasteiger partial charge in [0.25, 0.3) is 0 Å². The maximum Gasteiger partial charge on any atom is 0.232 e. The fourth-order valence-corrected chi connectivity index (χ4v) is 1.69. The van der Waals surface area contributed by atoms with Gasteiger partial charge in [-0.15, -0.1) is 0 Å². The summed E-state index contributed by atoms with van der Waals surface area (Å²) in [6.07, 6.45) is 5.07. The van der Waals surface area contributed by atoms with Crippen molar-refractivity contribution >= 4 is 18.5 Å². The molecule has 0 aromatic rings. The minimum Gasteiger partial charge on any atom is -0.339 e. The van der Waals surface area contributed by atoms with Gasteiger partial charge in [0.1, 0.15) is 0 Å². The molecule has 2 fully saturated rings. The molecule has 2 rings (SSSR count). The van der Waals surface area contributed by atoms with Gasteiger partial charge in [-0.2, -0.15) is 12.6 Å². The average Bonchev–Trinajstić information content (AvgIpc) is 2.88. The van der Waals surface area contributed by atoms with Gasteiger partial charge < -0.3 is 4.90 Å². The Balaban J connectivity index is 1.86. The molecule has 0 spiro atoms. The molecule has 2 nitrogen and oxygen atoms in total. The van der Waals surface area contributed by atoms with Crippen LogP contribution in [0.3, 0.4) is 0 Å². The second-order valence-corrected chi connectivity index (χ2v) is 4.19. The predicted octanol–water partition coefficient (Wildman–Crippen LogP) is 1.32. The number of rotatable bonds is 4. The second-order valence-electron chi connectivity index (χ2n) is 3.88. The number of hydrogen-bond acceptors (Lipinski definition) is 2. The van der Waals surface area contributed by atoms with E-state index in [1.807, 2.05) is 4.90 Å². The molecule has 68 valence electrons. The molecule has 0 aromatic heterocycles. The zero-order valence-electron chi connectivity index (χ0n) is 7.20. The molecule has 0 unspecified atom stereocenters. The highest BCUT2D eigenvalue weighted by Crippen LogP contribution is 2.34. The van der Waals surface area contributed by atoms with Crippen LogP contribution in [0.1, 0.15) is 25.7 Å². The Hall–Kier alpha value is -0.180. The summed E-state index contributed by atoms with van der Waals surface area (Å²) in [4.78, 5) is 13.5. The Morgan fingerprint density at radius 1 is 1.33 bits per heavy atom. The molecule has 3 heteroatoms. The predicted molar refractivity (Wildman–Crippen MR) is 51.3 cm³/mol. The van der Waals surface area contributed by atoms with Crippen molar-refractivity contribution in [1.82, 2.24) is 4.90 Å². The normalized spacial score (nSPS) is 22.4. The van der Waals surface area contributed by atoms with Crippen molar-refractivity contribution in [3.63, 3.8) is 0 Å². The van der Waals surface area contributed by atoms with E-state index < -0.39 is 0 Å². The summed E-state index contributed by atoms with van der Waals surface area (Å²) >= 11 is 4.03. The van der Waals surface area contributed by atoms with Gasteiger partial charge in [-0.3, -0.25) is 4.79 Å². The maximum atomic E-state index is 11.4. The van der Waals surface area contributed by atoms with E-state index >= 15 is 0 Å². The number of amides is 1. The smallest absolute Gasteiger partial charge is 0.232 e. The van der Waals surface area contributed by atoms with Gasteiger partial charge in [-0.05, 0) is 31.6 Å². The first-order valence-corrected chi connectivity index (χ1v) is 5.35. The van der Waals surface area contributed by atoms with Crippen LogP contribution in [0.4, 0.5) is 0 Å². The van der Waals surface area contributed by atoms with E-state index in [9.17, 15) is 4.79 Å². The Morgan fingerprint density at radius 2 is 2.00 bits per heavy atom. The standard InChI is InChI=1S/C9H15NOS/c11-9(6-12)10(8-3-4-8)5-7-1-2-7/h7-8,12H,1-6H2. The van der Waals surface area contributed by atoms with Gasteiger partial charge in [0.2, 0.25) is 5.91 Å². The molecule has 12 heavy (non-hydrogen) atoms. The molecule has 0 bridgehead atoms. The van der Waals surface area contributed by atoms with Crippen LogP contribution in [0.25, 0.3) is 0 Å². The third-order valence-electron chi connectivity index (χ3n) is 2.60. The first-order valence-electron chi connectivity index (χ1n) is 4.71. The fraction of sp³-hybridized carbons (Fsp3) is 0.889. The molecule has 0 aliphatic heterocycles. The largest absolute Gasteiger partial charge is 0.339 e. The molecule has 0 heterocycles. The molecule has 0 radical (unpaired) electrons. The Bertz CT molecular complexity index is 187. The minimum absolute atomic E-state index is 0.229. The van der Waals surface area contributed by atoms with Crippen molar-refractivity contribution < 1.29 is 4.79 Å². The first-order chi connectivity index (χ1) is 5.81. The summed E-state index contributed by atoms with van der Waals surface area (Å²) < 4.78 is 0. The average molecular weight is 185 g/mol. The van der Waals surface area contributed by atoms with Crippen LogP contribution in [-0.4, -0.2) is 29.1 Å². The third kappa shape index (κ3) is 1.94. The highest BCUT2D eigenvalue weighted by atomic mass is 32.1. The van der Waals surface area contributed by atoms with Crippen molar-refractivity contribution in [2.45, 2.75) is 31.7 Å². The molecular weight excluding hydrogens is 170 g/mol. The highest BCUT2D eigenvalue weighted by molar-refractivity contribution is 7.81. The molecule has 0 atom stereocenters. The molecule has 2 aliphatic rings.